The fourth-order valence-electron chi connectivity index (χ4n) is 2.83. The van der Waals surface area contributed by atoms with Crippen molar-refractivity contribution < 1.29 is 9.32 Å². The van der Waals surface area contributed by atoms with Crippen LogP contribution in [0, 0.1) is 0 Å². The monoisotopic (exact) mass is 314 g/mol. The predicted molar refractivity (Wildman–Crippen MR) is 86.4 cm³/mol. The van der Waals surface area contributed by atoms with Crippen molar-refractivity contribution in [2.24, 2.45) is 5.73 Å². The molecule has 3 rings (SSSR count). The molecule has 1 aliphatic heterocycles. The first-order valence-electron chi connectivity index (χ1n) is 7.82. The maximum atomic E-state index is 12.2. The van der Waals surface area contributed by atoms with Crippen LogP contribution < -0.4 is 5.73 Å². The zero-order valence-corrected chi connectivity index (χ0v) is 13.7. The molecular formula is C17H22N4O2. The standard InChI is InChI=1S/C17H22N4O2/c1-17(2,3)21-10-13(8-14(21)22)16-19-15(20-23-16)12-6-4-11(9-18)5-7-12/h4-7,13H,8-10,18H2,1-3H3. The Morgan fingerprint density at radius 1 is 1.30 bits per heavy atom. The maximum absolute atomic E-state index is 12.2. The van der Waals surface area contributed by atoms with Crippen LogP contribution in [-0.2, 0) is 11.3 Å². The highest BCUT2D eigenvalue weighted by Gasteiger charge is 2.39. The smallest absolute Gasteiger partial charge is 0.232 e. The fourth-order valence-corrected chi connectivity index (χ4v) is 2.83. The molecule has 23 heavy (non-hydrogen) atoms. The van der Waals surface area contributed by atoms with Crippen molar-refractivity contribution in [3.8, 4) is 11.4 Å². The van der Waals surface area contributed by atoms with Crippen LogP contribution in [0.5, 0.6) is 0 Å². The summed E-state index contributed by atoms with van der Waals surface area (Å²) in [5.41, 5.74) is 7.35. The van der Waals surface area contributed by atoms with Crippen LogP contribution in [0.1, 0.15) is 44.6 Å². The van der Waals surface area contributed by atoms with Crippen LogP contribution in [0.15, 0.2) is 28.8 Å². The van der Waals surface area contributed by atoms with Gasteiger partial charge in [-0.3, -0.25) is 4.79 Å². The number of nitrogens with zero attached hydrogens (tertiary/aromatic N) is 3. The van der Waals surface area contributed by atoms with Gasteiger partial charge in [-0.2, -0.15) is 4.98 Å². The van der Waals surface area contributed by atoms with Gasteiger partial charge in [-0.05, 0) is 26.3 Å². The number of likely N-dealkylation sites (tertiary alicyclic amines) is 1. The van der Waals surface area contributed by atoms with E-state index in [4.69, 9.17) is 10.3 Å². The molecule has 6 nitrogen and oxygen atoms in total. The molecule has 0 aliphatic carbocycles. The summed E-state index contributed by atoms with van der Waals surface area (Å²) in [6, 6.07) is 7.76. The van der Waals surface area contributed by atoms with Crippen molar-refractivity contribution in [3.63, 3.8) is 0 Å². The Hall–Kier alpha value is -2.21. The number of rotatable bonds is 3. The first-order chi connectivity index (χ1) is 10.9. The number of carbonyl (C=O) groups is 1. The third-order valence-corrected chi connectivity index (χ3v) is 4.17. The molecule has 1 fully saturated rings. The number of amides is 1. The molecule has 1 aromatic heterocycles. The zero-order valence-electron chi connectivity index (χ0n) is 13.7. The molecule has 1 unspecified atom stereocenters. The van der Waals surface area contributed by atoms with Gasteiger partial charge in [0.1, 0.15) is 0 Å². The first kappa shape index (κ1) is 15.7. The number of carbonyl (C=O) groups excluding carboxylic acids is 1. The molecule has 0 bridgehead atoms. The Morgan fingerprint density at radius 2 is 2.00 bits per heavy atom. The van der Waals surface area contributed by atoms with Gasteiger partial charge in [0.05, 0.1) is 5.92 Å². The summed E-state index contributed by atoms with van der Waals surface area (Å²) in [7, 11) is 0. The number of hydrogen-bond donors (Lipinski definition) is 1. The summed E-state index contributed by atoms with van der Waals surface area (Å²) in [4.78, 5) is 18.5. The Kier molecular flexibility index (Phi) is 3.93. The fraction of sp³-hybridized carbons (Fsp3) is 0.471. The van der Waals surface area contributed by atoms with Gasteiger partial charge in [-0.15, -0.1) is 0 Å². The highest BCUT2D eigenvalue weighted by atomic mass is 16.5. The second-order valence-corrected chi connectivity index (χ2v) is 6.93. The normalized spacial score (nSPS) is 18.7. The molecule has 0 radical (unpaired) electrons. The highest BCUT2D eigenvalue weighted by molar-refractivity contribution is 5.80. The number of nitrogens with two attached hydrogens (primary N) is 1. The summed E-state index contributed by atoms with van der Waals surface area (Å²) in [6.45, 7) is 7.23. The Balaban J connectivity index is 1.78. The lowest BCUT2D eigenvalue weighted by atomic mass is 10.1. The SMILES string of the molecule is CC(C)(C)N1CC(c2nc(-c3ccc(CN)cc3)no2)CC1=O. The van der Waals surface area contributed by atoms with Gasteiger partial charge in [0.25, 0.3) is 0 Å². The largest absolute Gasteiger partial charge is 0.339 e. The van der Waals surface area contributed by atoms with E-state index >= 15 is 0 Å². The van der Waals surface area contributed by atoms with Gasteiger partial charge in [0, 0.05) is 30.6 Å². The minimum Gasteiger partial charge on any atom is -0.339 e. The molecule has 2 heterocycles. The average Bonchev–Trinajstić information content (AvgIpc) is 3.13. The molecule has 1 aliphatic rings. The average molecular weight is 314 g/mol. The van der Waals surface area contributed by atoms with Crippen molar-refractivity contribution in [3.05, 3.63) is 35.7 Å². The Labute approximate surface area is 135 Å². The summed E-state index contributed by atoms with van der Waals surface area (Å²) in [5, 5.41) is 4.05. The van der Waals surface area contributed by atoms with Crippen molar-refractivity contribution in [2.75, 3.05) is 6.54 Å². The number of aromatic nitrogens is 2. The summed E-state index contributed by atoms with van der Waals surface area (Å²) in [6.07, 6.45) is 0.422. The minimum atomic E-state index is -0.188. The lowest BCUT2D eigenvalue weighted by molar-refractivity contribution is -0.131. The molecule has 122 valence electrons. The Morgan fingerprint density at radius 3 is 2.57 bits per heavy atom. The lowest BCUT2D eigenvalue weighted by Crippen LogP contribution is -2.42. The van der Waals surface area contributed by atoms with Gasteiger partial charge in [0.15, 0.2) is 0 Å². The molecule has 1 atom stereocenters. The van der Waals surface area contributed by atoms with Crippen LogP contribution in [-0.4, -0.2) is 33.0 Å². The van der Waals surface area contributed by atoms with E-state index in [2.05, 4.69) is 10.1 Å². The van der Waals surface area contributed by atoms with Crippen molar-refractivity contribution >= 4 is 5.91 Å². The topological polar surface area (TPSA) is 85.2 Å². The van der Waals surface area contributed by atoms with Crippen molar-refractivity contribution in [1.29, 1.82) is 0 Å². The van der Waals surface area contributed by atoms with E-state index in [0.29, 0.717) is 31.2 Å². The van der Waals surface area contributed by atoms with Crippen LogP contribution in [0.2, 0.25) is 0 Å². The van der Waals surface area contributed by atoms with Gasteiger partial charge in [-0.1, -0.05) is 29.4 Å². The summed E-state index contributed by atoms with van der Waals surface area (Å²) < 4.78 is 5.40. The molecule has 0 spiro atoms. The van der Waals surface area contributed by atoms with Gasteiger partial charge in [0.2, 0.25) is 17.6 Å². The van der Waals surface area contributed by atoms with E-state index in [1.54, 1.807) is 0 Å². The molecule has 6 heteroatoms. The van der Waals surface area contributed by atoms with Gasteiger partial charge < -0.3 is 15.2 Å². The zero-order chi connectivity index (χ0) is 16.6. The van der Waals surface area contributed by atoms with Crippen molar-refractivity contribution in [2.45, 2.75) is 45.2 Å². The maximum Gasteiger partial charge on any atom is 0.232 e. The molecule has 1 amide bonds. The van der Waals surface area contributed by atoms with E-state index in [1.807, 2.05) is 49.9 Å². The molecule has 2 aromatic rings. The second-order valence-electron chi connectivity index (χ2n) is 6.93. The van der Waals surface area contributed by atoms with E-state index in [-0.39, 0.29) is 17.4 Å². The van der Waals surface area contributed by atoms with Crippen LogP contribution in [0.4, 0.5) is 0 Å². The third kappa shape index (κ3) is 3.12. The summed E-state index contributed by atoms with van der Waals surface area (Å²) >= 11 is 0. The van der Waals surface area contributed by atoms with Crippen LogP contribution in [0.3, 0.4) is 0 Å². The van der Waals surface area contributed by atoms with Crippen molar-refractivity contribution in [1.82, 2.24) is 15.0 Å². The summed E-state index contributed by atoms with van der Waals surface area (Å²) in [5.74, 6) is 1.18. The lowest BCUT2D eigenvalue weighted by Gasteiger charge is -2.31. The molecule has 2 N–H and O–H groups in total. The van der Waals surface area contributed by atoms with Gasteiger partial charge >= 0.3 is 0 Å². The Bertz CT molecular complexity index is 700. The second kappa shape index (κ2) is 5.77. The number of benzene rings is 1. The quantitative estimate of drug-likeness (QED) is 0.939. The highest BCUT2D eigenvalue weighted by Crippen LogP contribution is 2.32. The van der Waals surface area contributed by atoms with Gasteiger partial charge in [-0.25, -0.2) is 0 Å². The molecule has 1 aromatic carbocycles. The van der Waals surface area contributed by atoms with E-state index < -0.39 is 0 Å². The van der Waals surface area contributed by atoms with E-state index in [9.17, 15) is 4.79 Å². The molecule has 1 saturated heterocycles. The minimum absolute atomic E-state index is 0.0358. The van der Waals surface area contributed by atoms with E-state index in [1.165, 1.54) is 0 Å². The molecule has 0 saturated carbocycles. The first-order valence-corrected chi connectivity index (χ1v) is 7.82. The predicted octanol–water partition coefficient (Wildman–Crippen LogP) is 2.31. The van der Waals surface area contributed by atoms with Crippen LogP contribution in [0.25, 0.3) is 11.4 Å². The van der Waals surface area contributed by atoms with E-state index in [0.717, 1.165) is 11.1 Å². The number of hydrogen-bond acceptors (Lipinski definition) is 5. The third-order valence-electron chi connectivity index (χ3n) is 4.17. The van der Waals surface area contributed by atoms with Crippen LogP contribution >= 0.6 is 0 Å². The molecular weight excluding hydrogens is 292 g/mol.